The summed E-state index contributed by atoms with van der Waals surface area (Å²) < 4.78 is 6.71. The maximum atomic E-state index is 12.5. The van der Waals surface area contributed by atoms with Crippen LogP contribution in [0.3, 0.4) is 0 Å². The Kier molecular flexibility index (Phi) is 3.57. The number of aromatic hydroxyl groups is 1. The fraction of sp³-hybridized carbons (Fsp3) is 0.200. The van der Waals surface area contributed by atoms with Crippen molar-refractivity contribution in [1.29, 1.82) is 0 Å². The number of carboxylic acid groups (broad SMARTS) is 1. The van der Waals surface area contributed by atoms with E-state index in [4.69, 9.17) is 16.4 Å². The van der Waals surface area contributed by atoms with Gasteiger partial charge in [0.05, 0.1) is 18.6 Å². The number of carbonyl (C=O) groups is 2. The second kappa shape index (κ2) is 5.58. The number of aliphatic carboxylic acids is 1. The molecule has 2 aromatic rings. The molecular formula is C15H11N3O6. The highest BCUT2D eigenvalue weighted by molar-refractivity contribution is 6.05. The van der Waals surface area contributed by atoms with Gasteiger partial charge >= 0.3 is 5.97 Å². The summed E-state index contributed by atoms with van der Waals surface area (Å²) in [5.74, 6) is -2.61. The second-order valence-electron chi connectivity index (χ2n) is 5.06. The minimum Gasteiger partial charge on any atom is -0.506 e. The molecule has 1 aliphatic rings. The Morgan fingerprint density at radius 2 is 2.17 bits per heavy atom. The number of pyridine rings is 1. The summed E-state index contributed by atoms with van der Waals surface area (Å²) in [6, 6.07) is 2.80. The van der Waals surface area contributed by atoms with Gasteiger partial charge in [-0.05, 0) is 12.1 Å². The monoisotopic (exact) mass is 329 g/mol. The molecular weight excluding hydrogens is 318 g/mol. The largest absolute Gasteiger partial charge is 0.506 e. The van der Waals surface area contributed by atoms with Crippen molar-refractivity contribution in [3.8, 4) is 11.5 Å². The van der Waals surface area contributed by atoms with E-state index >= 15 is 0 Å². The van der Waals surface area contributed by atoms with Gasteiger partial charge in [-0.3, -0.25) is 14.4 Å². The number of carbonyl (C=O) groups excluding carboxylic acids is 1. The first-order valence-corrected chi connectivity index (χ1v) is 6.87. The van der Waals surface area contributed by atoms with E-state index in [0.29, 0.717) is 5.52 Å². The van der Waals surface area contributed by atoms with Crippen LogP contribution in [-0.4, -0.2) is 39.8 Å². The molecule has 2 heterocycles. The standard InChI is InChI=1S/C15H11N3O6/c1-16-7-4-8-12-9(5-7)24-3-2-18(12)15(23)11(13(8)21)14(22)17-6-10(19)20/h4-5,21H,2-3,6H2,(H,17,22)(H,19,20). The normalized spacial score (nSPS) is 12.3. The van der Waals surface area contributed by atoms with Crippen molar-refractivity contribution >= 4 is 28.5 Å². The molecule has 122 valence electrons. The minimum absolute atomic E-state index is 0.123. The molecule has 1 aliphatic heterocycles. The number of hydrogen-bond donors (Lipinski definition) is 3. The van der Waals surface area contributed by atoms with Crippen LogP contribution in [0.4, 0.5) is 5.69 Å². The molecule has 0 saturated heterocycles. The van der Waals surface area contributed by atoms with Gasteiger partial charge in [-0.15, -0.1) is 0 Å². The molecule has 0 unspecified atom stereocenters. The first-order chi connectivity index (χ1) is 11.4. The number of amides is 1. The van der Waals surface area contributed by atoms with Crippen LogP contribution in [-0.2, 0) is 11.3 Å². The first kappa shape index (κ1) is 15.4. The molecule has 0 saturated carbocycles. The molecule has 1 amide bonds. The predicted molar refractivity (Wildman–Crippen MR) is 81.6 cm³/mol. The van der Waals surface area contributed by atoms with Crippen molar-refractivity contribution in [3.05, 3.63) is 39.5 Å². The van der Waals surface area contributed by atoms with Gasteiger partial charge in [0.15, 0.2) is 5.69 Å². The third-order valence-corrected chi connectivity index (χ3v) is 3.61. The molecule has 0 fully saturated rings. The van der Waals surface area contributed by atoms with E-state index in [9.17, 15) is 19.5 Å². The van der Waals surface area contributed by atoms with Crippen molar-refractivity contribution < 1.29 is 24.5 Å². The fourth-order valence-electron chi connectivity index (χ4n) is 2.61. The quantitative estimate of drug-likeness (QED) is 0.703. The molecule has 0 radical (unpaired) electrons. The van der Waals surface area contributed by atoms with Crippen molar-refractivity contribution in [2.45, 2.75) is 6.54 Å². The molecule has 3 N–H and O–H groups in total. The average molecular weight is 329 g/mol. The fourth-order valence-corrected chi connectivity index (χ4v) is 2.61. The summed E-state index contributed by atoms with van der Waals surface area (Å²) >= 11 is 0. The number of nitrogens with one attached hydrogen (secondary N) is 1. The lowest BCUT2D eigenvalue weighted by Crippen LogP contribution is -2.37. The molecule has 9 heteroatoms. The average Bonchev–Trinajstić information content (AvgIpc) is 2.57. The van der Waals surface area contributed by atoms with E-state index in [1.54, 1.807) is 0 Å². The topological polar surface area (TPSA) is 122 Å². The second-order valence-corrected chi connectivity index (χ2v) is 5.06. The Labute approximate surface area is 134 Å². The predicted octanol–water partition coefficient (Wildman–Crippen LogP) is 0.465. The van der Waals surface area contributed by atoms with Crippen molar-refractivity contribution in [3.63, 3.8) is 0 Å². The summed E-state index contributed by atoms with van der Waals surface area (Å²) in [6.07, 6.45) is 0. The van der Waals surface area contributed by atoms with Gasteiger partial charge in [-0.25, -0.2) is 4.85 Å². The number of rotatable bonds is 3. The smallest absolute Gasteiger partial charge is 0.322 e. The Morgan fingerprint density at radius 3 is 2.83 bits per heavy atom. The van der Waals surface area contributed by atoms with Crippen LogP contribution in [0.15, 0.2) is 16.9 Å². The molecule has 9 nitrogen and oxygen atoms in total. The molecule has 24 heavy (non-hydrogen) atoms. The maximum absolute atomic E-state index is 12.5. The highest BCUT2D eigenvalue weighted by Crippen LogP contribution is 2.38. The molecule has 1 aromatic heterocycles. The lowest BCUT2D eigenvalue weighted by Gasteiger charge is -2.22. The lowest BCUT2D eigenvalue weighted by molar-refractivity contribution is -0.135. The number of benzene rings is 1. The van der Waals surface area contributed by atoms with Crippen LogP contribution in [0, 0.1) is 6.57 Å². The number of nitrogens with zero attached hydrogens (tertiary/aromatic N) is 2. The van der Waals surface area contributed by atoms with E-state index in [2.05, 4.69) is 10.2 Å². The zero-order valence-corrected chi connectivity index (χ0v) is 12.2. The Hall–Kier alpha value is -3.54. The van der Waals surface area contributed by atoms with Gasteiger partial charge in [0, 0.05) is 5.39 Å². The SMILES string of the molecule is [C-]#[N+]c1cc2c3c(c1)c(O)c(C(=O)NCC(=O)O)c(=O)n3CCO2. The number of ether oxygens (including phenoxy) is 1. The van der Waals surface area contributed by atoms with Crippen LogP contribution in [0.2, 0.25) is 0 Å². The maximum Gasteiger partial charge on any atom is 0.322 e. The Bertz CT molecular complexity index is 986. The molecule has 0 spiro atoms. The van der Waals surface area contributed by atoms with Crippen LogP contribution in [0.25, 0.3) is 15.7 Å². The van der Waals surface area contributed by atoms with Crippen LogP contribution >= 0.6 is 0 Å². The first-order valence-electron chi connectivity index (χ1n) is 6.87. The highest BCUT2D eigenvalue weighted by atomic mass is 16.5. The molecule has 0 aliphatic carbocycles. The molecule has 0 bridgehead atoms. The van der Waals surface area contributed by atoms with E-state index in [0.717, 1.165) is 0 Å². The third-order valence-electron chi connectivity index (χ3n) is 3.61. The van der Waals surface area contributed by atoms with Gasteiger partial charge < -0.3 is 24.8 Å². The molecule has 3 rings (SSSR count). The van der Waals surface area contributed by atoms with Gasteiger partial charge in [-0.2, -0.15) is 0 Å². The van der Waals surface area contributed by atoms with Gasteiger partial charge in [0.25, 0.3) is 11.5 Å². The minimum atomic E-state index is -1.28. The van der Waals surface area contributed by atoms with Crippen molar-refractivity contribution in [2.24, 2.45) is 0 Å². The van der Waals surface area contributed by atoms with Gasteiger partial charge in [0.2, 0.25) is 0 Å². The van der Waals surface area contributed by atoms with Crippen LogP contribution in [0.5, 0.6) is 11.5 Å². The van der Waals surface area contributed by atoms with Gasteiger partial charge in [0.1, 0.15) is 30.2 Å². The number of aromatic nitrogens is 1. The summed E-state index contributed by atoms with van der Waals surface area (Å²) in [6.45, 7) is 6.75. The van der Waals surface area contributed by atoms with E-state index in [1.807, 2.05) is 0 Å². The summed E-state index contributed by atoms with van der Waals surface area (Å²) in [5.41, 5.74) is -0.829. The summed E-state index contributed by atoms with van der Waals surface area (Å²) in [5, 5.41) is 21.2. The zero-order chi connectivity index (χ0) is 17.4. The van der Waals surface area contributed by atoms with Gasteiger partial charge in [-0.1, -0.05) is 0 Å². The summed E-state index contributed by atoms with van der Waals surface area (Å²) in [4.78, 5) is 38.5. The molecule has 0 atom stereocenters. The van der Waals surface area contributed by atoms with E-state index in [1.165, 1.54) is 16.7 Å². The molecule has 1 aromatic carbocycles. The van der Waals surface area contributed by atoms with Crippen LogP contribution in [0.1, 0.15) is 10.4 Å². The van der Waals surface area contributed by atoms with E-state index in [-0.39, 0.29) is 30.0 Å². The Morgan fingerprint density at radius 1 is 1.42 bits per heavy atom. The van der Waals surface area contributed by atoms with E-state index < -0.39 is 35.3 Å². The number of hydrogen-bond acceptors (Lipinski definition) is 5. The van der Waals surface area contributed by atoms with Crippen molar-refractivity contribution in [2.75, 3.05) is 13.2 Å². The lowest BCUT2D eigenvalue weighted by atomic mass is 10.1. The van der Waals surface area contributed by atoms with Crippen LogP contribution < -0.4 is 15.6 Å². The number of carboxylic acids is 1. The zero-order valence-electron chi connectivity index (χ0n) is 12.2. The van der Waals surface area contributed by atoms with Crippen molar-refractivity contribution in [1.82, 2.24) is 9.88 Å². The Balaban J connectivity index is 2.29. The summed E-state index contributed by atoms with van der Waals surface area (Å²) in [7, 11) is 0. The highest BCUT2D eigenvalue weighted by Gasteiger charge is 2.26. The third kappa shape index (κ3) is 2.30.